The molecule has 0 bridgehead atoms. The van der Waals surface area contributed by atoms with Gasteiger partial charge in [0.05, 0.1) is 0 Å². The summed E-state index contributed by atoms with van der Waals surface area (Å²) in [6.45, 7) is 15.3. The van der Waals surface area contributed by atoms with E-state index in [1.165, 1.54) is 44.5 Å². The van der Waals surface area contributed by atoms with E-state index in [9.17, 15) is 0 Å². The number of nitrogens with zero attached hydrogens (tertiary/aromatic N) is 1. The molecule has 124 valence electrons. The van der Waals surface area contributed by atoms with Gasteiger partial charge in [-0.25, -0.2) is 0 Å². The first-order chi connectivity index (χ1) is 9.73. The van der Waals surface area contributed by atoms with E-state index in [1.54, 1.807) is 0 Å². The fourth-order valence-corrected chi connectivity index (χ4v) is 5.48. The Bertz CT molecular complexity index is 327. The molecular formula is C18H36N2S. The van der Waals surface area contributed by atoms with Crippen LogP contribution in [0, 0.1) is 17.3 Å². The zero-order chi connectivity index (χ0) is 15.7. The Morgan fingerprint density at radius 1 is 1.19 bits per heavy atom. The Morgan fingerprint density at radius 2 is 1.81 bits per heavy atom. The highest BCUT2D eigenvalue weighted by Gasteiger charge is 2.37. The predicted molar refractivity (Wildman–Crippen MR) is 95.9 cm³/mol. The fraction of sp³-hybridized carbons (Fsp3) is 1.00. The van der Waals surface area contributed by atoms with Crippen LogP contribution in [0.3, 0.4) is 0 Å². The number of nitrogens with two attached hydrogens (primary N) is 1. The lowest BCUT2D eigenvalue weighted by atomic mass is 9.68. The largest absolute Gasteiger partial charge is 0.329 e. The van der Waals surface area contributed by atoms with E-state index in [0.29, 0.717) is 16.2 Å². The highest BCUT2D eigenvalue weighted by molar-refractivity contribution is 8.00. The molecule has 0 amide bonds. The van der Waals surface area contributed by atoms with Crippen molar-refractivity contribution in [3.63, 3.8) is 0 Å². The molecule has 0 aromatic rings. The van der Waals surface area contributed by atoms with Crippen LogP contribution < -0.4 is 5.73 Å². The molecule has 2 rings (SSSR count). The summed E-state index contributed by atoms with van der Waals surface area (Å²) in [5, 5.41) is 0. The highest BCUT2D eigenvalue weighted by atomic mass is 32.2. The minimum atomic E-state index is 0.397. The lowest BCUT2D eigenvalue weighted by Crippen LogP contribution is -2.54. The van der Waals surface area contributed by atoms with E-state index >= 15 is 0 Å². The van der Waals surface area contributed by atoms with Gasteiger partial charge in [-0.15, -0.1) is 0 Å². The van der Waals surface area contributed by atoms with Crippen molar-refractivity contribution < 1.29 is 0 Å². The molecule has 3 heteroatoms. The molecule has 0 radical (unpaired) electrons. The monoisotopic (exact) mass is 312 g/mol. The van der Waals surface area contributed by atoms with E-state index in [0.717, 1.165) is 18.4 Å². The molecule has 1 saturated carbocycles. The van der Waals surface area contributed by atoms with E-state index < -0.39 is 0 Å². The van der Waals surface area contributed by atoms with Crippen molar-refractivity contribution in [2.75, 3.05) is 25.4 Å². The van der Waals surface area contributed by atoms with Crippen LogP contribution in [0.25, 0.3) is 0 Å². The lowest BCUT2D eigenvalue weighted by Gasteiger charge is -2.46. The smallest absolute Gasteiger partial charge is 0.0247 e. The van der Waals surface area contributed by atoms with E-state index in [-0.39, 0.29) is 0 Å². The second-order valence-electron chi connectivity index (χ2n) is 8.86. The van der Waals surface area contributed by atoms with Gasteiger partial charge in [-0.05, 0) is 56.8 Å². The average molecular weight is 313 g/mol. The molecule has 0 aromatic heterocycles. The molecule has 1 heterocycles. The van der Waals surface area contributed by atoms with Crippen LogP contribution in [0.5, 0.6) is 0 Å². The SMILES string of the molecule is CC1(C)CN(C(CN)C2CCC(C(C)(C)C)CC2)CCS1. The van der Waals surface area contributed by atoms with Crippen molar-refractivity contribution in [1.82, 2.24) is 4.90 Å². The number of thioether (sulfide) groups is 1. The van der Waals surface area contributed by atoms with Crippen LogP contribution in [0.2, 0.25) is 0 Å². The summed E-state index contributed by atoms with van der Waals surface area (Å²) in [7, 11) is 0. The van der Waals surface area contributed by atoms with Crippen LogP contribution >= 0.6 is 11.8 Å². The van der Waals surface area contributed by atoms with E-state index in [2.05, 4.69) is 51.3 Å². The zero-order valence-corrected chi connectivity index (χ0v) is 15.6. The van der Waals surface area contributed by atoms with Crippen molar-refractivity contribution >= 4 is 11.8 Å². The van der Waals surface area contributed by atoms with Crippen LogP contribution in [0.4, 0.5) is 0 Å². The third-order valence-corrected chi connectivity index (χ3v) is 7.00. The first-order valence-electron chi connectivity index (χ1n) is 8.81. The molecule has 0 spiro atoms. The molecule has 1 saturated heterocycles. The van der Waals surface area contributed by atoms with Crippen molar-refractivity contribution in [3.8, 4) is 0 Å². The van der Waals surface area contributed by atoms with Gasteiger partial charge in [0, 0.05) is 36.2 Å². The van der Waals surface area contributed by atoms with E-state index in [1.807, 2.05) is 0 Å². The molecule has 0 aromatic carbocycles. The molecule has 1 aliphatic carbocycles. The Morgan fingerprint density at radius 3 is 2.29 bits per heavy atom. The number of hydrogen-bond donors (Lipinski definition) is 1. The zero-order valence-electron chi connectivity index (χ0n) is 14.8. The number of hydrogen-bond acceptors (Lipinski definition) is 3. The Hall–Kier alpha value is 0.270. The second-order valence-corrected chi connectivity index (χ2v) is 10.7. The van der Waals surface area contributed by atoms with Gasteiger partial charge in [0.25, 0.3) is 0 Å². The third-order valence-electron chi connectivity index (χ3n) is 5.71. The highest BCUT2D eigenvalue weighted by Crippen LogP contribution is 2.42. The standard InChI is InChI=1S/C18H36N2S/c1-17(2,3)15-8-6-14(7-9-15)16(12-19)20-10-11-21-18(4,5)13-20/h14-16H,6-13,19H2,1-5H3. The fourth-order valence-electron chi connectivity index (χ4n) is 4.35. The van der Waals surface area contributed by atoms with Crippen molar-refractivity contribution in [3.05, 3.63) is 0 Å². The van der Waals surface area contributed by atoms with Gasteiger partial charge in [-0.2, -0.15) is 11.8 Å². The van der Waals surface area contributed by atoms with Gasteiger partial charge >= 0.3 is 0 Å². The summed E-state index contributed by atoms with van der Waals surface area (Å²) in [6.07, 6.45) is 5.56. The van der Waals surface area contributed by atoms with Crippen molar-refractivity contribution in [2.45, 2.75) is 71.1 Å². The van der Waals surface area contributed by atoms with Gasteiger partial charge in [-0.3, -0.25) is 4.90 Å². The van der Waals surface area contributed by atoms with Gasteiger partial charge in [0.1, 0.15) is 0 Å². The quantitative estimate of drug-likeness (QED) is 0.854. The summed E-state index contributed by atoms with van der Waals surface area (Å²) in [6, 6.07) is 0.617. The molecule has 2 aliphatic rings. The summed E-state index contributed by atoms with van der Waals surface area (Å²) < 4.78 is 0.397. The minimum absolute atomic E-state index is 0.397. The van der Waals surface area contributed by atoms with Crippen molar-refractivity contribution in [1.29, 1.82) is 0 Å². The first-order valence-corrected chi connectivity index (χ1v) is 9.79. The second kappa shape index (κ2) is 6.80. The third kappa shape index (κ3) is 4.62. The molecule has 1 aliphatic heterocycles. The molecule has 2 fully saturated rings. The predicted octanol–water partition coefficient (Wildman–Crippen LogP) is 3.99. The first kappa shape index (κ1) is 17.6. The van der Waals surface area contributed by atoms with Gasteiger partial charge in [-0.1, -0.05) is 20.8 Å². The van der Waals surface area contributed by atoms with Gasteiger partial charge in [0.2, 0.25) is 0 Å². The molecule has 1 unspecified atom stereocenters. The molecular weight excluding hydrogens is 276 g/mol. The number of rotatable bonds is 3. The van der Waals surface area contributed by atoms with Crippen LogP contribution in [0.15, 0.2) is 0 Å². The minimum Gasteiger partial charge on any atom is -0.329 e. The Balaban J connectivity index is 1.93. The van der Waals surface area contributed by atoms with Crippen LogP contribution in [-0.2, 0) is 0 Å². The maximum Gasteiger partial charge on any atom is 0.0247 e. The van der Waals surface area contributed by atoms with E-state index in [4.69, 9.17) is 5.73 Å². The summed E-state index contributed by atoms with van der Waals surface area (Å²) >= 11 is 2.12. The maximum absolute atomic E-state index is 6.20. The normalized spacial score (nSPS) is 32.9. The molecule has 1 atom stereocenters. The van der Waals surface area contributed by atoms with Crippen molar-refractivity contribution in [2.24, 2.45) is 23.0 Å². The molecule has 2 N–H and O–H groups in total. The Kier molecular flexibility index (Phi) is 5.71. The summed E-state index contributed by atoms with van der Waals surface area (Å²) in [4.78, 5) is 2.71. The van der Waals surface area contributed by atoms with Crippen LogP contribution in [0.1, 0.15) is 60.3 Å². The van der Waals surface area contributed by atoms with Crippen LogP contribution in [-0.4, -0.2) is 41.1 Å². The topological polar surface area (TPSA) is 29.3 Å². The summed E-state index contributed by atoms with van der Waals surface area (Å²) in [5.41, 5.74) is 6.67. The molecule has 2 nitrogen and oxygen atoms in total. The van der Waals surface area contributed by atoms with Gasteiger partial charge < -0.3 is 5.73 Å². The maximum atomic E-state index is 6.20. The molecule has 21 heavy (non-hydrogen) atoms. The lowest BCUT2D eigenvalue weighted by molar-refractivity contribution is 0.0790. The Labute approximate surface area is 136 Å². The summed E-state index contributed by atoms with van der Waals surface area (Å²) in [5.74, 6) is 2.99. The average Bonchev–Trinajstić information content (AvgIpc) is 2.38. The van der Waals surface area contributed by atoms with Gasteiger partial charge in [0.15, 0.2) is 0 Å².